The maximum Gasteiger partial charge on any atom is 0.329 e. The minimum Gasteiger partial charge on any atom is -0.480 e. The van der Waals surface area contributed by atoms with E-state index in [1.165, 1.54) is 0 Å². The number of amides is 2. The number of aliphatic carboxylic acids is 1. The first-order chi connectivity index (χ1) is 8.64. The van der Waals surface area contributed by atoms with Crippen LogP contribution in [0.15, 0.2) is 0 Å². The van der Waals surface area contributed by atoms with Gasteiger partial charge in [0, 0.05) is 39.1 Å². The van der Waals surface area contributed by atoms with Crippen LogP contribution in [0.2, 0.25) is 0 Å². The largest absolute Gasteiger partial charge is 0.480 e. The topological polar surface area (TPSA) is 78.9 Å². The van der Waals surface area contributed by atoms with Crippen molar-refractivity contribution in [1.29, 1.82) is 0 Å². The summed E-state index contributed by atoms with van der Waals surface area (Å²) in [5, 5.41) is 12.1. The van der Waals surface area contributed by atoms with Gasteiger partial charge in [0.2, 0.25) is 0 Å². The highest BCUT2D eigenvalue weighted by Gasteiger charge is 2.42. The van der Waals surface area contributed by atoms with Crippen LogP contribution in [0.4, 0.5) is 4.79 Å². The van der Waals surface area contributed by atoms with Crippen LogP contribution in [0.3, 0.4) is 0 Å². The molecule has 2 aliphatic heterocycles. The van der Waals surface area contributed by atoms with Gasteiger partial charge in [-0.1, -0.05) is 0 Å². The summed E-state index contributed by atoms with van der Waals surface area (Å²) in [5.74, 6) is -0.962. The standard InChI is InChI=1S/C12H20N2O4/c15-10(16)12(4-8-18-9-5-12)13-11(17)14-6-2-1-3-7-14/h1-9H2,(H,13,17)(H,15,16). The normalized spacial score (nSPS) is 23.4. The van der Waals surface area contributed by atoms with E-state index in [1.54, 1.807) is 4.90 Å². The number of nitrogens with one attached hydrogen (secondary N) is 1. The number of hydrogen-bond donors (Lipinski definition) is 2. The predicted molar refractivity (Wildman–Crippen MR) is 64.4 cm³/mol. The van der Waals surface area contributed by atoms with Crippen molar-refractivity contribution < 1.29 is 19.4 Å². The summed E-state index contributed by atoms with van der Waals surface area (Å²) in [6.07, 6.45) is 3.80. The van der Waals surface area contributed by atoms with E-state index in [-0.39, 0.29) is 6.03 Å². The van der Waals surface area contributed by atoms with E-state index >= 15 is 0 Å². The van der Waals surface area contributed by atoms with E-state index in [0.717, 1.165) is 32.4 Å². The van der Waals surface area contributed by atoms with Gasteiger partial charge in [0.25, 0.3) is 0 Å². The molecule has 6 nitrogen and oxygen atoms in total. The van der Waals surface area contributed by atoms with Crippen molar-refractivity contribution in [3.8, 4) is 0 Å². The number of ether oxygens (including phenoxy) is 1. The van der Waals surface area contributed by atoms with Gasteiger partial charge in [-0.2, -0.15) is 0 Å². The molecule has 2 rings (SSSR count). The van der Waals surface area contributed by atoms with E-state index in [0.29, 0.717) is 26.1 Å². The van der Waals surface area contributed by atoms with Crippen LogP contribution in [-0.2, 0) is 9.53 Å². The zero-order chi connectivity index (χ0) is 13.0. The van der Waals surface area contributed by atoms with E-state index in [2.05, 4.69) is 5.32 Å². The molecule has 0 aromatic carbocycles. The molecule has 2 heterocycles. The Balaban J connectivity index is 1.99. The summed E-state index contributed by atoms with van der Waals surface area (Å²) in [6, 6.07) is -0.251. The number of piperidine rings is 1. The lowest BCUT2D eigenvalue weighted by Gasteiger charge is -2.36. The van der Waals surface area contributed by atoms with Gasteiger partial charge < -0.3 is 20.1 Å². The Morgan fingerprint density at radius 2 is 1.72 bits per heavy atom. The fourth-order valence-corrected chi connectivity index (χ4v) is 2.49. The molecule has 0 aliphatic carbocycles. The second-order valence-corrected chi connectivity index (χ2v) is 4.98. The van der Waals surface area contributed by atoms with Gasteiger partial charge in [-0.3, -0.25) is 0 Å². The molecular weight excluding hydrogens is 236 g/mol. The molecule has 0 aromatic rings. The molecule has 0 unspecified atom stereocenters. The summed E-state index contributed by atoms with van der Waals surface area (Å²) in [4.78, 5) is 25.2. The third-order valence-electron chi connectivity index (χ3n) is 3.75. The number of rotatable bonds is 2. The molecule has 2 saturated heterocycles. The maximum absolute atomic E-state index is 12.1. The summed E-state index contributed by atoms with van der Waals surface area (Å²) in [5.41, 5.74) is -1.15. The van der Waals surface area contributed by atoms with Crippen molar-refractivity contribution >= 4 is 12.0 Å². The number of likely N-dealkylation sites (tertiary alicyclic amines) is 1. The smallest absolute Gasteiger partial charge is 0.329 e. The average molecular weight is 256 g/mol. The SMILES string of the molecule is O=C(NC1(C(=O)O)CCOCC1)N1CCCCC1. The van der Waals surface area contributed by atoms with Crippen LogP contribution in [0, 0.1) is 0 Å². The number of carboxylic acids is 1. The Kier molecular flexibility index (Phi) is 4.06. The molecule has 0 saturated carbocycles. The molecule has 0 bridgehead atoms. The van der Waals surface area contributed by atoms with Crippen molar-refractivity contribution in [1.82, 2.24) is 10.2 Å². The average Bonchev–Trinajstić information content (AvgIpc) is 2.40. The molecule has 102 valence electrons. The molecule has 0 spiro atoms. The monoisotopic (exact) mass is 256 g/mol. The van der Waals surface area contributed by atoms with Crippen molar-refractivity contribution in [2.45, 2.75) is 37.6 Å². The van der Waals surface area contributed by atoms with Crippen molar-refractivity contribution in [2.24, 2.45) is 0 Å². The Morgan fingerprint density at radius 3 is 2.28 bits per heavy atom. The minimum atomic E-state index is -1.15. The number of carbonyl (C=O) groups excluding carboxylic acids is 1. The quantitative estimate of drug-likeness (QED) is 0.766. The van der Waals surface area contributed by atoms with Gasteiger partial charge in [-0.15, -0.1) is 0 Å². The predicted octanol–water partition coefficient (Wildman–Crippen LogP) is 0.816. The molecular formula is C12H20N2O4. The van der Waals surface area contributed by atoms with Gasteiger partial charge in [-0.25, -0.2) is 9.59 Å². The molecule has 0 aromatic heterocycles. The van der Waals surface area contributed by atoms with Crippen LogP contribution >= 0.6 is 0 Å². The van der Waals surface area contributed by atoms with Crippen molar-refractivity contribution in [3.63, 3.8) is 0 Å². The van der Waals surface area contributed by atoms with E-state index in [9.17, 15) is 14.7 Å². The van der Waals surface area contributed by atoms with Gasteiger partial charge in [0.05, 0.1) is 0 Å². The number of nitrogens with zero attached hydrogens (tertiary/aromatic N) is 1. The van der Waals surface area contributed by atoms with E-state index < -0.39 is 11.5 Å². The first-order valence-electron chi connectivity index (χ1n) is 6.52. The summed E-state index contributed by atoms with van der Waals surface area (Å²) >= 11 is 0. The Labute approximate surface area is 106 Å². The highest BCUT2D eigenvalue weighted by atomic mass is 16.5. The van der Waals surface area contributed by atoms with Crippen LogP contribution in [-0.4, -0.2) is 53.8 Å². The molecule has 2 fully saturated rings. The summed E-state index contributed by atoms with van der Waals surface area (Å²) in [7, 11) is 0. The van der Waals surface area contributed by atoms with Crippen LogP contribution in [0.5, 0.6) is 0 Å². The Hall–Kier alpha value is -1.30. The molecule has 0 atom stereocenters. The Morgan fingerprint density at radius 1 is 1.11 bits per heavy atom. The van der Waals surface area contributed by atoms with Gasteiger partial charge >= 0.3 is 12.0 Å². The molecule has 2 aliphatic rings. The van der Waals surface area contributed by atoms with Crippen LogP contribution in [0.25, 0.3) is 0 Å². The number of urea groups is 1. The molecule has 18 heavy (non-hydrogen) atoms. The minimum absolute atomic E-state index is 0.251. The molecule has 0 radical (unpaired) electrons. The Bertz CT molecular complexity index is 320. The lowest BCUT2D eigenvalue weighted by atomic mass is 9.90. The van der Waals surface area contributed by atoms with Gasteiger partial charge in [-0.05, 0) is 19.3 Å². The molecule has 2 amide bonds. The second kappa shape index (κ2) is 5.56. The zero-order valence-corrected chi connectivity index (χ0v) is 10.5. The van der Waals surface area contributed by atoms with Crippen LogP contribution in [0.1, 0.15) is 32.1 Å². The highest BCUT2D eigenvalue weighted by Crippen LogP contribution is 2.22. The highest BCUT2D eigenvalue weighted by molar-refractivity contribution is 5.86. The summed E-state index contributed by atoms with van der Waals surface area (Å²) < 4.78 is 5.17. The molecule has 6 heteroatoms. The van der Waals surface area contributed by atoms with E-state index in [1.807, 2.05) is 0 Å². The first-order valence-corrected chi connectivity index (χ1v) is 6.52. The second-order valence-electron chi connectivity index (χ2n) is 4.98. The fraction of sp³-hybridized carbons (Fsp3) is 0.833. The van der Waals surface area contributed by atoms with Gasteiger partial charge in [0.15, 0.2) is 0 Å². The third-order valence-corrected chi connectivity index (χ3v) is 3.75. The fourth-order valence-electron chi connectivity index (χ4n) is 2.49. The number of hydrogen-bond acceptors (Lipinski definition) is 3. The van der Waals surface area contributed by atoms with Crippen molar-refractivity contribution in [2.75, 3.05) is 26.3 Å². The first kappa shape index (κ1) is 13.1. The lowest BCUT2D eigenvalue weighted by Crippen LogP contribution is -2.60. The third kappa shape index (κ3) is 2.75. The zero-order valence-electron chi connectivity index (χ0n) is 10.5. The van der Waals surface area contributed by atoms with Crippen molar-refractivity contribution in [3.05, 3.63) is 0 Å². The number of carboxylic acid groups (broad SMARTS) is 1. The number of carbonyl (C=O) groups is 2. The molecule has 2 N–H and O–H groups in total. The van der Waals surface area contributed by atoms with Gasteiger partial charge in [0.1, 0.15) is 5.54 Å². The summed E-state index contributed by atoms with van der Waals surface area (Å²) in [6.45, 7) is 2.20. The maximum atomic E-state index is 12.1. The lowest BCUT2D eigenvalue weighted by molar-refractivity contribution is -0.148. The van der Waals surface area contributed by atoms with E-state index in [4.69, 9.17) is 4.74 Å². The van der Waals surface area contributed by atoms with Crippen LogP contribution < -0.4 is 5.32 Å².